The summed E-state index contributed by atoms with van der Waals surface area (Å²) >= 11 is 16.4. The number of nitrogens with one attached hydrogen (secondary N) is 1. The standard InChI is InChI=1S/C27H29BrCl2N2O3/c1-3-5-15-31-27(34)23(4-2)32(16-20-21(29)11-8-12-22(20)30)25(33)17-35-24-14-13-18-9-6-7-10-19(18)26(24)28/h6-14,23H,3-5,15-17H2,1-2H3,(H,31,34). The lowest BCUT2D eigenvalue weighted by molar-refractivity contribution is -0.143. The van der Waals surface area contributed by atoms with Crippen molar-refractivity contribution in [1.82, 2.24) is 10.2 Å². The fourth-order valence-electron chi connectivity index (χ4n) is 3.83. The van der Waals surface area contributed by atoms with Crippen molar-refractivity contribution in [2.24, 2.45) is 0 Å². The largest absolute Gasteiger partial charge is 0.483 e. The number of amides is 2. The summed E-state index contributed by atoms with van der Waals surface area (Å²) < 4.78 is 6.69. The van der Waals surface area contributed by atoms with Crippen molar-refractivity contribution in [2.75, 3.05) is 13.2 Å². The molecule has 2 amide bonds. The Kier molecular flexibility index (Phi) is 10.3. The van der Waals surface area contributed by atoms with Crippen LogP contribution in [0.1, 0.15) is 38.7 Å². The molecule has 3 aromatic carbocycles. The molecular formula is C27H29BrCl2N2O3. The van der Waals surface area contributed by atoms with Crippen LogP contribution in [0, 0.1) is 0 Å². The zero-order valence-corrected chi connectivity index (χ0v) is 22.9. The van der Waals surface area contributed by atoms with E-state index in [-0.39, 0.29) is 25.0 Å². The second-order valence-corrected chi connectivity index (χ2v) is 9.79. The molecule has 8 heteroatoms. The molecule has 0 aliphatic rings. The first-order chi connectivity index (χ1) is 16.9. The van der Waals surface area contributed by atoms with Crippen LogP contribution >= 0.6 is 39.1 Å². The van der Waals surface area contributed by atoms with Gasteiger partial charge < -0.3 is 15.0 Å². The Morgan fingerprint density at radius 1 is 1.03 bits per heavy atom. The van der Waals surface area contributed by atoms with Crippen molar-refractivity contribution < 1.29 is 14.3 Å². The second-order valence-electron chi connectivity index (χ2n) is 8.18. The zero-order chi connectivity index (χ0) is 25.4. The summed E-state index contributed by atoms with van der Waals surface area (Å²) in [5.41, 5.74) is 0.593. The van der Waals surface area contributed by atoms with Crippen molar-refractivity contribution >= 4 is 61.7 Å². The van der Waals surface area contributed by atoms with Crippen molar-refractivity contribution in [2.45, 2.75) is 45.7 Å². The smallest absolute Gasteiger partial charge is 0.261 e. The van der Waals surface area contributed by atoms with E-state index in [1.54, 1.807) is 18.2 Å². The highest BCUT2D eigenvalue weighted by Crippen LogP contribution is 2.33. The molecule has 0 aliphatic heterocycles. The maximum absolute atomic E-state index is 13.5. The lowest BCUT2D eigenvalue weighted by Crippen LogP contribution is -2.50. The van der Waals surface area contributed by atoms with Gasteiger partial charge in [0.2, 0.25) is 5.91 Å². The minimum absolute atomic E-state index is 0.0965. The van der Waals surface area contributed by atoms with Crippen LogP contribution in [-0.4, -0.2) is 35.9 Å². The number of ether oxygens (including phenoxy) is 1. The normalized spacial score (nSPS) is 11.8. The number of hydrogen-bond acceptors (Lipinski definition) is 3. The molecule has 0 radical (unpaired) electrons. The van der Waals surface area contributed by atoms with Crippen molar-refractivity contribution in [3.8, 4) is 5.75 Å². The SMILES string of the molecule is CCCCNC(=O)C(CC)N(Cc1c(Cl)cccc1Cl)C(=O)COc1ccc2ccccc2c1Br. The van der Waals surface area contributed by atoms with Gasteiger partial charge in [-0.05, 0) is 57.7 Å². The predicted molar refractivity (Wildman–Crippen MR) is 146 cm³/mol. The minimum atomic E-state index is -0.685. The topological polar surface area (TPSA) is 58.6 Å². The summed E-state index contributed by atoms with van der Waals surface area (Å²) in [7, 11) is 0. The lowest BCUT2D eigenvalue weighted by Gasteiger charge is -2.31. The molecule has 0 aliphatic carbocycles. The van der Waals surface area contributed by atoms with Gasteiger partial charge in [0.15, 0.2) is 6.61 Å². The molecule has 35 heavy (non-hydrogen) atoms. The maximum atomic E-state index is 13.5. The molecular weight excluding hydrogens is 551 g/mol. The number of benzene rings is 3. The van der Waals surface area contributed by atoms with E-state index >= 15 is 0 Å². The van der Waals surface area contributed by atoms with E-state index in [9.17, 15) is 9.59 Å². The second kappa shape index (κ2) is 13.1. The summed E-state index contributed by atoms with van der Waals surface area (Å²) in [5.74, 6) is 0.0103. The molecule has 1 unspecified atom stereocenters. The number of fused-ring (bicyclic) bond motifs is 1. The number of rotatable bonds is 11. The number of hydrogen-bond donors (Lipinski definition) is 1. The summed E-state index contributed by atoms with van der Waals surface area (Å²) in [6, 6.07) is 16.2. The van der Waals surface area contributed by atoms with Crippen molar-refractivity contribution in [1.29, 1.82) is 0 Å². The first-order valence-electron chi connectivity index (χ1n) is 11.7. The Morgan fingerprint density at radius 2 is 1.74 bits per heavy atom. The number of carbonyl (C=O) groups excluding carboxylic acids is 2. The van der Waals surface area contributed by atoms with Gasteiger partial charge in [0.1, 0.15) is 11.8 Å². The third kappa shape index (κ3) is 6.90. The number of nitrogens with zero attached hydrogens (tertiary/aromatic N) is 1. The highest BCUT2D eigenvalue weighted by Gasteiger charge is 2.30. The van der Waals surface area contributed by atoms with Crippen LogP contribution in [0.5, 0.6) is 5.75 Å². The van der Waals surface area contributed by atoms with E-state index in [2.05, 4.69) is 28.2 Å². The van der Waals surface area contributed by atoms with Gasteiger partial charge in [-0.1, -0.05) is 79.9 Å². The van der Waals surface area contributed by atoms with Gasteiger partial charge in [-0.25, -0.2) is 0 Å². The molecule has 0 saturated carbocycles. The number of carbonyl (C=O) groups is 2. The Labute approximate surface area is 224 Å². The van der Waals surface area contributed by atoms with Crippen molar-refractivity contribution in [3.05, 3.63) is 74.7 Å². The molecule has 0 heterocycles. The van der Waals surface area contributed by atoms with Crippen LogP contribution in [-0.2, 0) is 16.1 Å². The first-order valence-corrected chi connectivity index (χ1v) is 13.2. The quantitative estimate of drug-likeness (QED) is 0.248. The lowest BCUT2D eigenvalue weighted by atomic mass is 10.1. The fourth-order valence-corrected chi connectivity index (χ4v) is 4.95. The van der Waals surface area contributed by atoms with Crippen LogP contribution < -0.4 is 10.1 Å². The summed E-state index contributed by atoms with van der Waals surface area (Å²) in [4.78, 5) is 28.0. The van der Waals surface area contributed by atoms with Gasteiger partial charge in [-0.15, -0.1) is 0 Å². The number of halogens is 3. The van der Waals surface area contributed by atoms with E-state index in [0.29, 0.717) is 34.3 Å². The Hall–Kier alpha value is -2.28. The predicted octanol–water partition coefficient (Wildman–Crippen LogP) is 7.01. The van der Waals surface area contributed by atoms with E-state index in [1.807, 2.05) is 43.3 Å². The van der Waals surface area contributed by atoms with E-state index in [0.717, 1.165) is 28.1 Å². The van der Waals surface area contributed by atoms with E-state index in [4.69, 9.17) is 27.9 Å². The van der Waals surface area contributed by atoms with Gasteiger partial charge in [-0.3, -0.25) is 9.59 Å². The summed E-state index contributed by atoms with van der Waals surface area (Å²) in [6.45, 7) is 4.35. The maximum Gasteiger partial charge on any atom is 0.261 e. The monoisotopic (exact) mass is 578 g/mol. The molecule has 0 aromatic heterocycles. The van der Waals surface area contributed by atoms with E-state index in [1.165, 1.54) is 4.90 Å². The molecule has 0 fully saturated rings. The van der Waals surface area contributed by atoms with Crippen LogP contribution in [0.3, 0.4) is 0 Å². The van der Waals surface area contributed by atoms with Gasteiger partial charge in [-0.2, -0.15) is 0 Å². The molecule has 3 aromatic rings. The number of unbranched alkanes of at least 4 members (excludes halogenated alkanes) is 1. The molecule has 1 N–H and O–H groups in total. The van der Waals surface area contributed by atoms with Crippen LogP contribution in [0.15, 0.2) is 59.1 Å². The van der Waals surface area contributed by atoms with Gasteiger partial charge in [0.25, 0.3) is 5.91 Å². The van der Waals surface area contributed by atoms with Crippen molar-refractivity contribution in [3.63, 3.8) is 0 Å². The van der Waals surface area contributed by atoms with Gasteiger partial charge >= 0.3 is 0 Å². The summed E-state index contributed by atoms with van der Waals surface area (Å²) in [6.07, 6.45) is 2.26. The first kappa shape index (κ1) is 27.3. The molecule has 1 atom stereocenters. The fraction of sp³-hybridized carbons (Fsp3) is 0.333. The molecule has 0 saturated heterocycles. The zero-order valence-electron chi connectivity index (χ0n) is 19.8. The highest BCUT2D eigenvalue weighted by atomic mass is 79.9. The molecule has 5 nitrogen and oxygen atoms in total. The third-order valence-electron chi connectivity index (χ3n) is 5.78. The van der Waals surface area contributed by atoms with Gasteiger partial charge in [0.05, 0.1) is 4.47 Å². The average molecular weight is 580 g/mol. The van der Waals surface area contributed by atoms with E-state index < -0.39 is 6.04 Å². The molecule has 3 rings (SSSR count). The average Bonchev–Trinajstić information content (AvgIpc) is 2.85. The summed E-state index contributed by atoms with van der Waals surface area (Å²) in [5, 5.41) is 5.86. The minimum Gasteiger partial charge on any atom is -0.483 e. The molecule has 0 spiro atoms. The Balaban J connectivity index is 1.85. The van der Waals surface area contributed by atoms with Crippen LogP contribution in [0.2, 0.25) is 10.0 Å². The highest BCUT2D eigenvalue weighted by molar-refractivity contribution is 9.10. The molecule has 0 bridgehead atoms. The Bertz CT molecular complexity index is 1170. The van der Waals surface area contributed by atoms with Crippen LogP contribution in [0.25, 0.3) is 10.8 Å². The molecule has 186 valence electrons. The third-order valence-corrected chi connectivity index (χ3v) is 7.31. The van der Waals surface area contributed by atoms with Gasteiger partial charge in [0, 0.05) is 28.7 Å². The van der Waals surface area contributed by atoms with Crippen LogP contribution in [0.4, 0.5) is 0 Å². The Morgan fingerprint density at radius 3 is 2.43 bits per heavy atom.